The Morgan fingerprint density at radius 3 is 1.22 bits per heavy atom. The Labute approximate surface area is 155 Å². The van der Waals surface area contributed by atoms with Crippen molar-refractivity contribution in [3.8, 4) is 23.0 Å². The van der Waals surface area contributed by atoms with Crippen molar-refractivity contribution in [2.24, 2.45) is 0 Å². The fraction of sp³-hybridized carbons (Fsp3) is 0. The zero-order valence-corrected chi connectivity index (χ0v) is 14.0. The first-order chi connectivity index (χ1) is 13.0. The van der Waals surface area contributed by atoms with Crippen molar-refractivity contribution in [3.63, 3.8) is 0 Å². The third-order valence-corrected chi connectivity index (χ3v) is 2.91. The molecule has 0 saturated heterocycles. The molecular weight excluding hydrogens is 352 g/mol. The van der Waals surface area contributed by atoms with Crippen LogP contribution in [0.1, 0.15) is 0 Å². The number of benzene rings is 3. The number of hydrogen-bond donors (Lipinski definition) is 2. The lowest BCUT2D eigenvalue weighted by Crippen LogP contribution is -2.19. The van der Waals surface area contributed by atoms with Crippen LogP contribution in [0.3, 0.4) is 0 Å². The number of carbonyl (C=O) groups excluding carboxylic acids is 2. The molecule has 0 bridgehead atoms. The molecule has 7 heteroatoms. The van der Waals surface area contributed by atoms with E-state index >= 15 is 0 Å². The van der Waals surface area contributed by atoms with Crippen LogP contribution in [0.15, 0.2) is 84.9 Å². The molecule has 7 nitrogen and oxygen atoms in total. The van der Waals surface area contributed by atoms with E-state index in [-0.39, 0.29) is 23.0 Å². The average molecular weight is 368 g/mol. The molecule has 0 saturated carbocycles. The molecule has 138 valence electrons. The Hall–Kier alpha value is -4.00. The van der Waals surface area contributed by atoms with Crippen LogP contribution in [0.2, 0.25) is 0 Å². The summed E-state index contributed by atoms with van der Waals surface area (Å²) in [6, 6.07) is 22.2. The fourth-order valence-corrected chi connectivity index (χ4v) is 1.73. The Morgan fingerprint density at radius 1 is 0.556 bits per heavy atom. The number of phenols is 2. The number of phenolic OH excluding ortho intramolecular Hbond substituents is 2. The summed E-state index contributed by atoms with van der Waals surface area (Å²) in [5, 5.41) is 17.3. The summed E-state index contributed by atoms with van der Waals surface area (Å²) in [4.78, 5) is 22.5. The van der Waals surface area contributed by atoms with E-state index in [1.165, 1.54) is 24.3 Å². The lowest BCUT2D eigenvalue weighted by molar-refractivity contribution is 0.0896. The Kier molecular flexibility index (Phi) is 7.23. The molecule has 3 aromatic rings. The van der Waals surface area contributed by atoms with Crippen molar-refractivity contribution in [2.75, 3.05) is 0 Å². The van der Waals surface area contributed by atoms with Crippen molar-refractivity contribution in [1.82, 2.24) is 0 Å². The Morgan fingerprint density at radius 2 is 0.889 bits per heavy atom. The van der Waals surface area contributed by atoms with E-state index in [9.17, 15) is 9.59 Å². The van der Waals surface area contributed by atoms with Gasteiger partial charge in [-0.05, 0) is 48.5 Å². The summed E-state index contributed by atoms with van der Waals surface area (Å²) in [6.07, 6.45) is -2.29. The van der Waals surface area contributed by atoms with Crippen LogP contribution in [0.25, 0.3) is 0 Å². The number of aromatic hydroxyl groups is 2. The zero-order valence-electron chi connectivity index (χ0n) is 14.0. The summed E-state index contributed by atoms with van der Waals surface area (Å²) in [6.45, 7) is 0. The van der Waals surface area contributed by atoms with Gasteiger partial charge in [0.25, 0.3) is 0 Å². The number of rotatable bonds is 2. The first-order valence-electron chi connectivity index (χ1n) is 7.72. The van der Waals surface area contributed by atoms with Crippen molar-refractivity contribution >= 4 is 12.3 Å². The average Bonchev–Trinajstić information content (AvgIpc) is 2.66. The largest absolute Gasteiger partial charge is 0.524 e. The van der Waals surface area contributed by atoms with Crippen LogP contribution in [-0.2, 0) is 4.74 Å². The summed E-state index contributed by atoms with van der Waals surface area (Å²) in [7, 11) is 0. The highest BCUT2D eigenvalue weighted by Gasteiger charge is 2.14. The summed E-state index contributed by atoms with van der Waals surface area (Å²) in [5.74, 6) is 0.894. The first-order valence-corrected chi connectivity index (χ1v) is 7.72. The maximum atomic E-state index is 11.3. The molecule has 3 aromatic carbocycles. The van der Waals surface area contributed by atoms with Gasteiger partial charge in [-0.15, -0.1) is 0 Å². The second-order valence-corrected chi connectivity index (χ2v) is 4.95. The third-order valence-electron chi connectivity index (χ3n) is 2.91. The maximum Gasteiger partial charge on any atom is 0.524 e. The number of para-hydroxylation sites is 2. The molecule has 0 heterocycles. The van der Waals surface area contributed by atoms with E-state index in [0.29, 0.717) is 0 Å². The van der Waals surface area contributed by atoms with Gasteiger partial charge in [0, 0.05) is 0 Å². The van der Waals surface area contributed by atoms with Crippen molar-refractivity contribution in [1.29, 1.82) is 0 Å². The molecule has 0 unspecified atom stereocenters. The van der Waals surface area contributed by atoms with Crippen molar-refractivity contribution in [2.45, 2.75) is 0 Å². The Bertz CT molecular complexity index is 774. The lowest BCUT2D eigenvalue weighted by Gasteiger charge is -2.04. The molecule has 0 aliphatic heterocycles. The number of carbonyl (C=O) groups is 2. The van der Waals surface area contributed by atoms with Gasteiger partial charge >= 0.3 is 12.3 Å². The van der Waals surface area contributed by atoms with Gasteiger partial charge in [0.2, 0.25) is 0 Å². The standard InChI is InChI=1S/C14H10O5.C6H6O2/c15-13(17-11-7-3-1-4-8-11)19-14(16)18-12-9-5-2-6-10-12;7-5-1-2-6(8)4-3-5/h1-10H;1-4,7-8H. The maximum absolute atomic E-state index is 11.3. The highest BCUT2D eigenvalue weighted by Crippen LogP contribution is 2.13. The fourth-order valence-electron chi connectivity index (χ4n) is 1.73. The van der Waals surface area contributed by atoms with Gasteiger partial charge in [-0.2, -0.15) is 0 Å². The van der Waals surface area contributed by atoms with Gasteiger partial charge < -0.3 is 24.4 Å². The molecule has 0 aliphatic carbocycles. The molecule has 0 atom stereocenters. The van der Waals surface area contributed by atoms with Gasteiger partial charge in [0.1, 0.15) is 23.0 Å². The molecule has 0 fully saturated rings. The van der Waals surface area contributed by atoms with Crippen molar-refractivity contribution in [3.05, 3.63) is 84.9 Å². The van der Waals surface area contributed by atoms with E-state index in [2.05, 4.69) is 4.74 Å². The molecule has 0 radical (unpaired) electrons. The first kappa shape index (κ1) is 19.3. The minimum absolute atomic E-state index is 0.169. The van der Waals surface area contributed by atoms with Crippen LogP contribution in [0, 0.1) is 0 Å². The van der Waals surface area contributed by atoms with Crippen LogP contribution < -0.4 is 9.47 Å². The monoisotopic (exact) mass is 368 g/mol. The van der Waals surface area contributed by atoms with Crippen LogP contribution >= 0.6 is 0 Å². The van der Waals surface area contributed by atoms with E-state index in [4.69, 9.17) is 19.7 Å². The van der Waals surface area contributed by atoms with Gasteiger partial charge in [0.15, 0.2) is 0 Å². The van der Waals surface area contributed by atoms with E-state index in [1.54, 1.807) is 60.7 Å². The van der Waals surface area contributed by atoms with E-state index in [1.807, 2.05) is 0 Å². The van der Waals surface area contributed by atoms with Gasteiger partial charge in [-0.3, -0.25) is 0 Å². The molecule has 0 aromatic heterocycles. The molecule has 0 amide bonds. The normalized spacial score (nSPS) is 9.33. The molecule has 27 heavy (non-hydrogen) atoms. The zero-order chi connectivity index (χ0) is 19.5. The molecule has 0 aliphatic rings. The number of ether oxygens (including phenoxy) is 3. The smallest absolute Gasteiger partial charge is 0.508 e. The minimum atomic E-state index is -1.15. The highest BCUT2D eigenvalue weighted by atomic mass is 16.8. The third kappa shape index (κ3) is 7.61. The predicted molar refractivity (Wildman–Crippen MR) is 95.8 cm³/mol. The topological polar surface area (TPSA) is 102 Å². The summed E-state index contributed by atoms with van der Waals surface area (Å²) < 4.78 is 13.9. The van der Waals surface area contributed by atoms with Gasteiger partial charge in [-0.1, -0.05) is 36.4 Å². The van der Waals surface area contributed by atoms with E-state index < -0.39 is 12.3 Å². The second kappa shape index (κ2) is 10.1. The summed E-state index contributed by atoms with van der Waals surface area (Å²) in [5.41, 5.74) is 0. The van der Waals surface area contributed by atoms with Gasteiger partial charge in [0.05, 0.1) is 0 Å². The van der Waals surface area contributed by atoms with Crippen LogP contribution in [-0.4, -0.2) is 22.5 Å². The lowest BCUT2D eigenvalue weighted by atomic mass is 10.3. The van der Waals surface area contributed by atoms with E-state index in [0.717, 1.165) is 0 Å². The predicted octanol–water partition coefficient (Wildman–Crippen LogP) is 4.50. The van der Waals surface area contributed by atoms with Crippen LogP contribution in [0.4, 0.5) is 9.59 Å². The minimum Gasteiger partial charge on any atom is -0.508 e. The SMILES string of the molecule is O=C(OC(=O)Oc1ccccc1)Oc1ccccc1.Oc1ccc(O)cc1. The van der Waals surface area contributed by atoms with Crippen molar-refractivity contribution < 1.29 is 34.0 Å². The Balaban J connectivity index is 0.000000273. The highest BCUT2D eigenvalue weighted by molar-refractivity contribution is 5.79. The van der Waals surface area contributed by atoms with Crippen LogP contribution in [0.5, 0.6) is 23.0 Å². The second-order valence-electron chi connectivity index (χ2n) is 4.95. The van der Waals surface area contributed by atoms with Gasteiger partial charge in [-0.25, -0.2) is 9.59 Å². The molecule has 3 rings (SSSR count). The molecule has 0 spiro atoms. The molecule has 2 N–H and O–H groups in total. The number of hydrogen-bond acceptors (Lipinski definition) is 7. The quantitative estimate of drug-likeness (QED) is 0.297. The summed E-state index contributed by atoms with van der Waals surface area (Å²) >= 11 is 0. The molecular formula is C20H16O7.